The Labute approximate surface area is 130 Å². The molecule has 0 amide bonds. The first-order chi connectivity index (χ1) is 10.3. The number of hydrogen-bond acceptors (Lipinski definition) is 2. The van der Waals surface area contributed by atoms with Crippen LogP contribution in [0.2, 0.25) is 0 Å². The van der Waals surface area contributed by atoms with Crippen LogP contribution in [0.1, 0.15) is 43.2 Å². The fourth-order valence-electron chi connectivity index (χ4n) is 3.66. The van der Waals surface area contributed by atoms with Crippen molar-refractivity contribution in [3.8, 4) is 0 Å². The summed E-state index contributed by atoms with van der Waals surface area (Å²) in [7, 11) is -0.837. The zero-order chi connectivity index (χ0) is 16.0. The number of aryl methyl sites for hydroxylation is 1. The van der Waals surface area contributed by atoms with Gasteiger partial charge < -0.3 is 5.11 Å². The summed E-state index contributed by atoms with van der Waals surface area (Å²) in [6.45, 7) is 0. The minimum absolute atomic E-state index is 0.0604. The van der Waals surface area contributed by atoms with E-state index in [0.29, 0.717) is 31.2 Å². The molecule has 2 heterocycles. The van der Waals surface area contributed by atoms with Crippen LogP contribution >= 0.6 is 0 Å². The van der Waals surface area contributed by atoms with Gasteiger partial charge in [-0.15, -0.1) is 0 Å². The van der Waals surface area contributed by atoms with E-state index in [1.807, 2.05) is 0 Å². The van der Waals surface area contributed by atoms with Gasteiger partial charge in [-0.3, -0.25) is 4.21 Å². The second-order valence-corrected chi connectivity index (χ2v) is 8.47. The minimum atomic E-state index is -4.34. The van der Waals surface area contributed by atoms with Gasteiger partial charge in [0.15, 0.2) is 0 Å². The number of benzene rings is 1. The third kappa shape index (κ3) is 3.23. The molecular formula is C16H19F3O2S. The molecule has 2 fully saturated rings. The summed E-state index contributed by atoms with van der Waals surface area (Å²) in [5, 5.41) is 10.8. The second kappa shape index (κ2) is 5.64. The zero-order valence-electron chi connectivity index (χ0n) is 12.1. The largest absolute Gasteiger partial charge is 0.416 e. The lowest BCUT2D eigenvalue weighted by Crippen LogP contribution is -2.42. The van der Waals surface area contributed by atoms with Crippen LogP contribution in [0.5, 0.6) is 0 Å². The smallest absolute Gasteiger partial charge is 0.390 e. The van der Waals surface area contributed by atoms with Crippen molar-refractivity contribution in [3.63, 3.8) is 0 Å². The predicted molar refractivity (Wildman–Crippen MR) is 78.9 cm³/mol. The van der Waals surface area contributed by atoms with E-state index < -0.39 is 28.1 Å². The van der Waals surface area contributed by atoms with Crippen LogP contribution in [-0.4, -0.2) is 25.4 Å². The first-order valence-corrected chi connectivity index (χ1v) is 8.82. The minimum Gasteiger partial charge on any atom is -0.390 e. The van der Waals surface area contributed by atoms with Crippen LogP contribution < -0.4 is 0 Å². The Kier molecular flexibility index (Phi) is 4.10. The van der Waals surface area contributed by atoms with Gasteiger partial charge in [-0.05, 0) is 50.2 Å². The van der Waals surface area contributed by atoms with Gasteiger partial charge in [0.05, 0.1) is 11.2 Å². The van der Waals surface area contributed by atoms with Crippen LogP contribution in [-0.2, 0) is 23.4 Å². The van der Waals surface area contributed by atoms with Crippen LogP contribution in [0.3, 0.4) is 0 Å². The summed E-state index contributed by atoms with van der Waals surface area (Å²) >= 11 is 0. The standard InChI is InChI=1S/C16H19F3O2S/c17-16(18,19)12-3-1-2-11(8-12)6-7-15(20)9-13-4-5-14(10-15)22(13)21/h1-3,8,13-14,20H,4-7,9-10H2. The maximum absolute atomic E-state index is 12.7. The van der Waals surface area contributed by atoms with Crippen LogP contribution in [0.15, 0.2) is 24.3 Å². The molecule has 0 spiro atoms. The molecule has 2 saturated heterocycles. The first kappa shape index (κ1) is 16.0. The van der Waals surface area contributed by atoms with Gasteiger partial charge in [-0.2, -0.15) is 13.2 Å². The molecule has 2 aliphatic heterocycles. The fourth-order valence-corrected chi connectivity index (χ4v) is 5.89. The van der Waals surface area contributed by atoms with Crippen molar-refractivity contribution < 1.29 is 22.5 Å². The molecule has 0 saturated carbocycles. The quantitative estimate of drug-likeness (QED) is 0.921. The van der Waals surface area contributed by atoms with Crippen molar-refractivity contribution in [3.05, 3.63) is 35.4 Å². The Bertz CT molecular complexity index is 569. The summed E-state index contributed by atoms with van der Waals surface area (Å²) in [6.07, 6.45) is -0.699. The monoisotopic (exact) mass is 332 g/mol. The Morgan fingerprint density at radius 2 is 1.86 bits per heavy atom. The Balaban J connectivity index is 1.67. The molecule has 2 nitrogen and oxygen atoms in total. The van der Waals surface area contributed by atoms with Crippen molar-refractivity contribution in [1.82, 2.24) is 0 Å². The average Bonchev–Trinajstić information content (AvgIpc) is 2.69. The van der Waals surface area contributed by atoms with E-state index in [1.54, 1.807) is 6.07 Å². The second-order valence-electron chi connectivity index (χ2n) is 6.48. The summed E-state index contributed by atoms with van der Waals surface area (Å²) in [4.78, 5) is 0. The molecule has 1 aromatic rings. The molecule has 122 valence electrons. The highest BCUT2D eigenvalue weighted by Crippen LogP contribution is 2.42. The molecule has 6 heteroatoms. The molecule has 0 aromatic heterocycles. The summed E-state index contributed by atoms with van der Waals surface area (Å²) in [5.74, 6) is 0. The van der Waals surface area contributed by atoms with Crippen LogP contribution in [0.4, 0.5) is 13.2 Å². The lowest BCUT2D eigenvalue weighted by molar-refractivity contribution is -0.137. The van der Waals surface area contributed by atoms with Gasteiger partial charge in [0.2, 0.25) is 0 Å². The summed E-state index contributed by atoms with van der Waals surface area (Å²) < 4.78 is 50.1. The molecule has 1 aromatic carbocycles. The summed E-state index contributed by atoms with van der Waals surface area (Å²) in [5.41, 5.74) is -0.947. The molecule has 1 N–H and O–H groups in total. The highest BCUT2D eigenvalue weighted by molar-refractivity contribution is 7.86. The number of halogens is 3. The predicted octanol–water partition coefficient (Wildman–Crippen LogP) is 3.44. The van der Waals surface area contributed by atoms with E-state index >= 15 is 0 Å². The molecule has 22 heavy (non-hydrogen) atoms. The molecule has 0 radical (unpaired) electrons. The van der Waals surface area contributed by atoms with Gasteiger partial charge in [0.1, 0.15) is 0 Å². The molecule has 2 atom stereocenters. The van der Waals surface area contributed by atoms with Crippen molar-refractivity contribution in [2.75, 3.05) is 0 Å². The fraction of sp³-hybridized carbons (Fsp3) is 0.625. The van der Waals surface area contributed by atoms with Gasteiger partial charge in [-0.1, -0.05) is 18.2 Å². The van der Waals surface area contributed by atoms with Gasteiger partial charge in [0, 0.05) is 21.3 Å². The van der Waals surface area contributed by atoms with Crippen molar-refractivity contribution in [2.24, 2.45) is 0 Å². The van der Waals surface area contributed by atoms with E-state index in [1.165, 1.54) is 6.07 Å². The number of fused-ring (bicyclic) bond motifs is 2. The number of aliphatic hydroxyl groups is 1. The lowest BCUT2D eigenvalue weighted by atomic mass is 9.87. The van der Waals surface area contributed by atoms with E-state index in [-0.39, 0.29) is 10.5 Å². The summed E-state index contributed by atoms with van der Waals surface area (Å²) in [6, 6.07) is 5.27. The van der Waals surface area contributed by atoms with Crippen LogP contribution in [0, 0.1) is 0 Å². The SMILES string of the molecule is O=S1C2CCC1CC(O)(CCc1cccc(C(F)(F)F)c1)C2. The van der Waals surface area contributed by atoms with Crippen LogP contribution in [0.25, 0.3) is 0 Å². The molecule has 2 bridgehead atoms. The first-order valence-electron chi connectivity index (χ1n) is 7.55. The van der Waals surface area contributed by atoms with E-state index in [9.17, 15) is 22.5 Å². The average molecular weight is 332 g/mol. The number of alkyl halides is 3. The lowest BCUT2D eigenvalue weighted by Gasteiger charge is -2.36. The van der Waals surface area contributed by atoms with E-state index in [4.69, 9.17) is 0 Å². The number of hydrogen-bond donors (Lipinski definition) is 1. The zero-order valence-corrected chi connectivity index (χ0v) is 12.9. The Morgan fingerprint density at radius 3 is 2.45 bits per heavy atom. The van der Waals surface area contributed by atoms with Gasteiger partial charge >= 0.3 is 6.18 Å². The third-order valence-electron chi connectivity index (χ3n) is 4.82. The van der Waals surface area contributed by atoms with E-state index in [2.05, 4.69) is 0 Å². The van der Waals surface area contributed by atoms with Gasteiger partial charge in [-0.25, -0.2) is 0 Å². The van der Waals surface area contributed by atoms with Crippen molar-refractivity contribution in [2.45, 2.75) is 60.8 Å². The third-order valence-corrected chi connectivity index (χ3v) is 6.94. The molecule has 2 aliphatic rings. The van der Waals surface area contributed by atoms with E-state index in [0.717, 1.165) is 25.0 Å². The molecule has 0 aliphatic carbocycles. The molecule has 3 rings (SSSR count). The molecule has 2 unspecified atom stereocenters. The Hall–Kier alpha value is -0.880. The topological polar surface area (TPSA) is 37.3 Å². The maximum Gasteiger partial charge on any atom is 0.416 e. The van der Waals surface area contributed by atoms with Gasteiger partial charge in [0.25, 0.3) is 0 Å². The normalized spacial score (nSPS) is 34.8. The number of rotatable bonds is 3. The highest BCUT2D eigenvalue weighted by Gasteiger charge is 2.47. The van der Waals surface area contributed by atoms with Crippen molar-refractivity contribution >= 4 is 10.8 Å². The maximum atomic E-state index is 12.7. The Morgan fingerprint density at radius 1 is 1.23 bits per heavy atom. The van der Waals surface area contributed by atoms with Crippen molar-refractivity contribution in [1.29, 1.82) is 0 Å². The highest BCUT2D eigenvalue weighted by atomic mass is 32.2. The molecular weight excluding hydrogens is 313 g/mol.